The molecule has 0 spiro atoms. The molecule has 0 radical (unpaired) electrons. The van der Waals surface area contributed by atoms with Crippen molar-refractivity contribution in [3.8, 4) is 0 Å². The van der Waals surface area contributed by atoms with E-state index in [1.807, 2.05) is 0 Å². The molecular weight excluding hydrogens is 277 g/mol. The molecule has 2 atom stereocenters. The molecule has 0 bridgehead atoms. The van der Waals surface area contributed by atoms with Crippen molar-refractivity contribution in [2.24, 2.45) is 0 Å². The van der Waals surface area contributed by atoms with Gasteiger partial charge in [-0.2, -0.15) is 0 Å². The first-order valence-electron chi connectivity index (χ1n) is 4.76. The van der Waals surface area contributed by atoms with Gasteiger partial charge in [-0.15, -0.1) is 23.2 Å². The molecule has 1 rings (SSSR count). The number of carbonyl (C=O) groups is 1. The Morgan fingerprint density at radius 1 is 1.56 bits per heavy atom. The summed E-state index contributed by atoms with van der Waals surface area (Å²) in [6.07, 6.45) is -0.227. The number of hydrogen-bond donors (Lipinski definition) is 1. The van der Waals surface area contributed by atoms with Gasteiger partial charge in [0.2, 0.25) is 0 Å². The van der Waals surface area contributed by atoms with Gasteiger partial charge in [0, 0.05) is 11.9 Å². The fourth-order valence-corrected chi connectivity index (χ4v) is 3.15. The Kier molecular flexibility index (Phi) is 5.14. The fraction of sp³-hybridized carbons (Fsp3) is 0.875. The second-order valence-corrected chi connectivity index (χ2v) is 6.75. The van der Waals surface area contributed by atoms with E-state index in [0.717, 1.165) is 0 Å². The lowest BCUT2D eigenvalue weighted by molar-refractivity contribution is 0.144. The van der Waals surface area contributed by atoms with Crippen LogP contribution in [0.3, 0.4) is 0 Å². The molecule has 0 aromatic heterocycles. The number of alkyl halides is 2. The highest BCUT2D eigenvalue weighted by Gasteiger charge is 2.29. The summed E-state index contributed by atoms with van der Waals surface area (Å²) in [5.74, 6) is 0.270. The van der Waals surface area contributed by atoms with Crippen LogP contribution in [-0.2, 0) is 14.6 Å². The Balaban J connectivity index is 2.25. The highest BCUT2D eigenvalue weighted by Crippen LogP contribution is 2.11. The van der Waals surface area contributed by atoms with Crippen molar-refractivity contribution in [3.05, 3.63) is 0 Å². The van der Waals surface area contributed by atoms with Crippen molar-refractivity contribution in [1.29, 1.82) is 0 Å². The molecule has 0 saturated carbocycles. The molecule has 5 nitrogen and oxygen atoms in total. The quantitative estimate of drug-likeness (QED) is 0.775. The largest absolute Gasteiger partial charge is 0.448 e. The Hall–Kier alpha value is -0.200. The molecule has 1 saturated heterocycles. The van der Waals surface area contributed by atoms with Gasteiger partial charge < -0.3 is 10.1 Å². The van der Waals surface area contributed by atoms with Gasteiger partial charge in [-0.3, -0.25) is 0 Å². The van der Waals surface area contributed by atoms with Crippen LogP contribution in [0.4, 0.5) is 4.79 Å². The molecule has 0 unspecified atom stereocenters. The van der Waals surface area contributed by atoms with Crippen LogP contribution >= 0.6 is 23.2 Å². The van der Waals surface area contributed by atoms with E-state index >= 15 is 0 Å². The zero-order chi connectivity index (χ0) is 12.2. The minimum absolute atomic E-state index is 0.0103. The third kappa shape index (κ3) is 4.76. The SMILES string of the molecule is O=C(N[C@@H]1CCS(=O)(=O)C1)OC[C@@H](Cl)CCl. The predicted octanol–water partition coefficient (Wildman–Crippen LogP) is 0.746. The van der Waals surface area contributed by atoms with Crippen molar-refractivity contribution < 1.29 is 17.9 Å². The van der Waals surface area contributed by atoms with E-state index < -0.39 is 21.3 Å². The first kappa shape index (κ1) is 13.9. The zero-order valence-corrected chi connectivity index (χ0v) is 10.8. The Morgan fingerprint density at radius 2 is 2.25 bits per heavy atom. The van der Waals surface area contributed by atoms with Gasteiger partial charge in [0.1, 0.15) is 6.61 Å². The number of nitrogens with one attached hydrogen (secondary N) is 1. The number of carbonyl (C=O) groups excluding carboxylic acids is 1. The van der Waals surface area contributed by atoms with Crippen molar-refractivity contribution in [2.75, 3.05) is 24.0 Å². The average Bonchev–Trinajstić information content (AvgIpc) is 2.54. The maximum absolute atomic E-state index is 11.2. The van der Waals surface area contributed by atoms with E-state index in [0.29, 0.717) is 6.42 Å². The zero-order valence-electron chi connectivity index (χ0n) is 8.49. The molecule has 8 heteroatoms. The van der Waals surface area contributed by atoms with E-state index in [4.69, 9.17) is 27.9 Å². The average molecular weight is 290 g/mol. The topological polar surface area (TPSA) is 72.5 Å². The van der Waals surface area contributed by atoms with Crippen molar-refractivity contribution in [1.82, 2.24) is 5.32 Å². The summed E-state index contributed by atoms with van der Waals surface area (Å²) < 4.78 is 27.0. The van der Waals surface area contributed by atoms with Crippen molar-refractivity contribution in [3.63, 3.8) is 0 Å². The highest BCUT2D eigenvalue weighted by atomic mass is 35.5. The number of ether oxygens (including phenoxy) is 1. The van der Waals surface area contributed by atoms with Crippen molar-refractivity contribution in [2.45, 2.75) is 17.8 Å². The summed E-state index contributed by atoms with van der Waals surface area (Å²) in [6, 6.07) is -0.359. The van der Waals surface area contributed by atoms with Gasteiger partial charge in [-0.05, 0) is 6.42 Å². The molecule has 1 fully saturated rings. The van der Waals surface area contributed by atoms with Gasteiger partial charge in [0.05, 0.1) is 16.9 Å². The lowest BCUT2D eigenvalue weighted by Crippen LogP contribution is -2.37. The molecule has 0 aliphatic carbocycles. The fourth-order valence-electron chi connectivity index (χ4n) is 1.33. The monoisotopic (exact) mass is 289 g/mol. The number of amides is 1. The molecule has 1 aliphatic heterocycles. The van der Waals surface area contributed by atoms with Crippen LogP contribution in [0.1, 0.15) is 6.42 Å². The second-order valence-electron chi connectivity index (χ2n) is 3.59. The predicted molar refractivity (Wildman–Crippen MR) is 61.9 cm³/mol. The number of hydrogen-bond acceptors (Lipinski definition) is 4. The molecule has 1 N–H and O–H groups in total. The van der Waals surface area contributed by atoms with Crippen LogP contribution in [0.25, 0.3) is 0 Å². The summed E-state index contributed by atoms with van der Waals surface area (Å²) in [5, 5.41) is 2.04. The Bertz CT molecular complexity index is 346. The molecule has 1 aliphatic rings. The van der Waals surface area contributed by atoms with Crippen LogP contribution in [0, 0.1) is 0 Å². The summed E-state index contributed by atoms with van der Waals surface area (Å²) in [4.78, 5) is 11.2. The third-order valence-electron chi connectivity index (χ3n) is 2.12. The smallest absolute Gasteiger partial charge is 0.407 e. The van der Waals surface area contributed by atoms with Gasteiger partial charge in [0.25, 0.3) is 0 Å². The first-order valence-corrected chi connectivity index (χ1v) is 7.56. The number of alkyl carbamates (subject to hydrolysis) is 1. The standard InChI is InChI=1S/C8H13Cl2NO4S/c9-3-6(10)4-15-8(12)11-7-1-2-16(13,14)5-7/h6-7H,1-5H2,(H,11,12)/t6-,7+/m0/s1. The van der Waals surface area contributed by atoms with E-state index in [-0.39, 0.29) is 30.0 Å². The molecule has 0 aromatic rings. The third-order valence-corrected chi connectivity index (χ3v) is 4.70. The Labute approximate surface area is 104 Å². The van der Waals surface area contributed by atoms with Gasteiger partial charge in [-0.1, -0.05) is 0 Å². The van der Waals surface area contributed by atoms with E-state index in [1.165, 1.54) is 0 Å². The van der Waals surface area contributed by atoms with Gasteiger partial charge in [0.15, 0.2) is 9.84 Å². The number of rotatable bonds is 4. The summed E-state index contributed by atoms with van der Waals surface area (Å²) in [7, 11) is -2.99. The minimum Gasteiger partial charge on any atom is -0.448 e. The van der Waals surface area contributed by atoms with Gasteiger partial charge in [-0.25, -0.2) is 13.2 Å². The Morgan fingerprint density at radius 3 is 2.75 bits per heavy atom. The molecular formula is C8H13Cl2NO4S. The molecule has 1 heterocycles. The lowest BCUT2D eigenvalue weighted by Gasteiger charge is -2.12. The number of halogens is 2. The van der Waals surface area contributed by atoms with Crippen LogP contribution in [0.15, 0.2) is 0 Å². The lowest BCUT2D eigenvalue weighted by atomic mass is 10.3. The maximum Gasteiger partial charge on any atom is 0.407 e. The van der Waals surface area contributed by atoms with E-state index in [9.17, 15) is 13.2 Å². The molecule has 0 aromatic carbocycles. The summed E-state index contributed by atoms with van der Waals surface area (Å²) >= 11 is 11.1. The van der Waals surface area contributed by atoms with Crippen molar-refractivity contribution >= 4 is 39.1 Å². The van der Waals surface area contributed by atoms with E-state index in [2.05, 4.69) is 5.32 Å². The normalized spacial score (nSPS) is 25.0. The summed E-state index contributed by atoms with van der Waals surface area (Å²) in [5.41, 5.74) is 0. The molecule has 94 valence electrons. The maximum atomic E-state index is 11.2. The molecule has 16 heavy (non-hydrogen) atoms. The van der Waals surface area contributed by atoms with Crippen LogP contribution in [-0.4, -0.2) is 49.9 Å². The van der Waals surface area contributed by atoms with Crippen LogP contribution < -0.4 is 5.32 Å². The second kappa shape index (κ2) is 5.93. The number of sulfone groups is 1. The van der Waals surface area contributed by atoms with Crippen LogP contribution in [0.5, 0.6) is 0 Å². The summed E-state index contributed by atoms with van der Waals surface area (Å²) in [6.45, 7) is 0.0103. The highest BCUT2D eigenvalue weighted by molar-refractivity contribution is 7.91. The van der Waals surface area contributed by atoms with E-state index in [1.54, 1.807) is 0 Å². The minimum atomic E-state index is -2.99. The first-order chi connectivity index (χ1) is 7.43. The molecule has 1 amide bonds. The van der Waals surface area contributed by atoms with Crippen LogP contribution in [0.2, 0.25) is 0 Å². The van der Waals surface area contributed by atoms with Gasteiger partial charge >= 0.3 is 6.09 Å².